The molecule has 2 aliphatic heterocycles. The van der Waals surface area contributed by atoms with E-state index in [0.717, 1.165) is 51.2 Å². The Bertz CT molecular complexity index is 450. The van der Waals surface area contributed by atoms with Crippen LogP contribution in [0.2, 0.25) is 0 Å². The van der Waals surface area contributed by atoms with Crippen molar-refractivity contribution in [3.05, 3.63) is 29.3 Å². The number of benzene rings is 1. The summed E-state index contributed by atoms with van der Waals surface area (Å²) >= 11 is 0. The third kappa shape index (κ3) is 2.93. The Labute approximate surface area is 115 Å². The Kier molecular flexibility index (Phi) is 3.50. The molecule has 0 amide bonds. The highest BCUT2D eigenvalue weighted by Crippen LogP contribution is 2.29. The molecule has 104 valence electrons. The van der Waals surface area contributed by atoms with Gasteiger partial charge in [-0.2, -0.15) is 0 Å². The van der Waals surface area contributed by atoms with E-state index in [0.29, 0.717) is 0 Å². The molecule has 0 aromatic heterocycles. The van der Waals surface area contributed by atoms with Gasteiger partial charge in [-0.1, -0.05) is 6.07 Å². The zero-order valence-corrected chi connectivity index (χ0v) is 12.0. The summed E-state index contributed by atoms with van der Waals surface area (Å²) in [5.41, 5.74) is 2.88. The summed E-state index contributed by atoms with van der Waals surface area (Å²) in [5.74, 6) is 1.05. The van der Waals surface area contributed by atoms with Crippen LogP contribution in [-0.2, 0) is 13.0 Å². The van der Waals surface area contributed by atoms with Gasteiger partial charge in [0.15, 0.2) is 0 Å². The molecule has 3 rings (SSSR count). The summed E-state index contributed by atoms with van der Waals surface area (Å²) in [6, 6.07) is 6.60. The Morgan fingerprint density at radius 1 is 1.21 bits per heavy atom. The van der Waals surface area contributed by atoms with E-state index in [1.54, 1.807) is 0 Å². The van der Waals surface area contributed by atoms with E-state index in [-0.39, 0.29) is 5.60 Å². The van der Waals surface area contributed by atoms with Crippen molar-refractivity contribution in [2.75, 3.05) is 26.7 Å². The first-order valence-electron chi connectivity index (χ1n) is 7.35. The number of fused-ring (bicyclic) bond motifs is 1. The van der Waals surface area contributed by atoms with Crippen LogP contribution < -0.4 is 10.1 Å². The van der Waals surface area contributed by atoms with Crippen molar-refractivity contribution in [3.63, 3.8) is 0 Å². The molecule has 3 heteroatoms. The molecule has 1 aromatic rings. The predicted octanol–water partition coefficient (Wildman–Crippen LogP) is 2.20. The van der Waals surface area contributed by atoms with Crippen molar-refractivity contribution >= 4 is 0 Å². The number of nitrogens with zero attached hydrogens (tertiary/aromatic N) is 1. The fourth-order valence-corrected chi connectivity index (χ4v) is 3.00. The van der Waals surface area contributed by atoms with E-state index >= 15 is 0 Å². The number of hydrogen-bond acceptors (Lipinski definition) is 3. The van der Waals surface area contributed by atoms with Gasteiger partial charge >= 0.3 is 0 Å². The van der Waals surface area contributed by atoms with Crippen LogP contribution in [-0.4, -0.2) is 37.2 Å². The van der Waals surface area contributed by atoms with Gasteiger partial charge in [0.1, 0.15) is 11.4 Å². The van der Waals surface area contributed by atoms with Crippen LogP contribution in [0.3, 0.4) is 0 Å². The van der Waals surface area contributed by atoms with Crippen molar-refractivity contribution in [1.82, 2.24) is 10.2 Å². The summed E-state index contributed by atoms with van der Waals surface area (Å²) < 4.78 is 6.31. The molecular weight excluding hydrogens is 236 g/mol. The molecule has 2 heterocycles. The molecule has 2 aliphatic rings. The van der Waals surface area contributed by atoms with Crippen LogP contribution >= 0.6 is 0 Å². The van der Waals surface area contributed by atoms with Crippen LogP contribution in [0.25, 0.3) is 0 Å². The van der Waals surface area contributed by atoms with Crippen molar-refractivity contribution in [1.29, 1.82) is 0 Å². The molecule has 1 N–H and O–H groups in total. The second-order valence-corrected chi connectivity index (χ2v) is 6.21. The lowest BCUT2D eigenvalue weighted by molar-refractivity contribution is 0.0240. The van der Waals surface area contributed by atoms with Crippen LogP contribution in [0, 0.1) is 0 Å². The summed E-state index contributed by atoms with van der Waals surface area (Å²) in [6.45, 7) is 6.59. The first-order valence-corrected chi connectivity index (χ1v) is 7.35. The maximum absolute atomic E-state index is 6.31. The summed E-state index contributed by atoms with van der Waals surface area (Å²) in [5, 5.41) is 3.41. The highest BCUT2D eigenvalue weighted by molar-refractivity contribution is 5.37. The van der Waals surface area contributed by atoms with Crippen molar-refractivity contribution in [2.24, 2.45) is 0 Å². The molecule has 0 radical (unpaired) electrons. The van der Waals surface area contributed by atoms with Gasteiger partial charge in [-0.15, -0.1) is 0 Å². The van der Waals surface area contributed by atoms with Crippen LogP contribution in [0.5, 0.6) is 5.75 Å². The van der Waals surface area contributed by atoms with Gasteiger partial charge in [0, 0.05) is 19.6 Å². The maximum atomic E-state index is 6.31. The lowest BCUT2D eigenvalue weighted by atomic mass is 9.93. The predicted molar refractivity (Wildman–Crippen MR) is 77.6 cm³/mol. The van der Waals surface area contributed by atoms with E-state index in [2.05, 4.69) is 42.4 Å². The first kappa shape index (κ1) is 12.9. The van der Waals surface area contributed by atoms with E-state index < -0.39 is 0 Å². The fourth-order valence-electron chi connectivity index (χ4n) is 3.00. The molecule has 1 aromatic carbocycles. The third-order valence-corrected chi connectivity index (χ3v) is 4.47. The number of ether oxygens (including phenoxy) is 1. The standard InChI is InChI=1S/C16H24N2O/c1-16(6-9-18(2)10-7-16)19-15-4-3-14-12-17-8-5-13(14)11-15/h3-4,11,17H,5-10,12H2,1-2H3. The molecule has 0 atom stereocenters. The molecule has 0 bridgehead atoms. The quantitative estimate of drug-likeness (QED) is 0.882. The monoisotopic (exact) mass is 260 g/mol. The van der Waals surface area contributed by atoms with E-state index in [1.807, 2.05) is 0 Å². The zero-order chi connectivity index (χ0) is 13.3. The molecule has 0 unspecified atom stereocenters. The fraction of sp³-hybridized carbons (Fsp3) is 0.625. The molecule has 0 spiro atoms. The number of likely N-dealkylation sites (tertiary alicyclic amines) is 1. The van der Waals surface area contributed by atoms with Gasteiger partial charge < -0.3 is 15.0 Å². The first-order chi connectivity index (χ1) is 9.15. The molecule has 0 aliphatic carbocycles. The normalized spacial score (nSPS) is 22.8. The molecular formula is C16H24N2O. The van der Waals surface area contributed by atoms with E-state index in [1.165, 1.54) is 11.1 Å². The second-order valence-electron chi connectivity index (χ2n) is 6.21. The van der Waals surface area contributed by atoms with Gasteiger partial charge in [0.2, 0.25) is 0 Å². The van der Waals surface area contributed by atoms with Crippen LogP contribution in [0.15, 0.2) is 18.2 Å². The summed E-state index contributed by atoms with van der Waals surface area (Å²) in [7, 11) is 2.19. The topological polar surface area (TPSA) is 24.5 Å². The van der Waals surface area contributed by atoms with Gasteiger partial charge in [0.25, 0.3) is 0 Å². The molecule has 1 fully saturated rings. The Balaban J connectivity index is 1.72. The number of hydrogen-bond donors (Lipinski definition) is 1. The lowest BCUT2D eigenvalue weighted by Gasteiger charge is -2.38. The minimum absolute atomic E-state index is 0.00760. The van der Waals surface area contributed by atoms with Gasteiger partial charge in [-0.25, -0.2) is 0 Å². The van der Waals surface area contributed by atoms with E-state index in [9.17, 15) is 0 Å². The van der Waals surface area contributed by atoms with E-state index in [4.69, 9.17) is 4.74 Å². The third-order valence-electron chi connectivity index (χ3n) is 4.47. The number of piperidine rings is 1. The van der Waals surface area contributed by atoms with Gasteiger partial charge in [0.05, 0.1) is 0 Å². The highest BCUT2D eigenvalue weighted by Gasteiger charge is 2.30. The number of rotatable bonds is 2. The molecule has 1 saturated heterocycles. The summed E-state index contributed by atoms with van der Waals surface area (Å²) in [4.78, 5) is 2.38. The highest BCUT2D eigenvalue weighted by atomic mass is 16.5. The van der Waals surface area contributed by atoms with Crippen LogP contribution in [0.1, 0.15) is 30.9 Å². The van der Waals surface area contributed by atoms with Crippen molar-refractivity contribution in [3.8, 4) is 5.75 Å². The van der Waals surface area contributed by atoms with Crippen LogP contribution in [0.4, 0.5) is 0 Å². The smallest absolute Gasteiger partial charge is 0.120 e. The lowest BCUT2D eigenvalue weighted by Crippen LogP contribution is -2.44. The van der Waals surface area contributed by atoms with Gasteiger partial charge in [-0.05, 0) is 63.0 Å². The van der Waals surface area contributed by atoms with Gasteiger partial charge in [-0.3, -0.25) is 0 Å². The molecule has 0 saturated carbocycles. The molecule has 3 nitrogen and oxygen atoms in total. The second kappa shape index (κ2) is 5.14. The Morgan fingerprint density at radius 2 is 2.00 bits per heavy atom. The Hall–Kier alpha value is -1.06. The average molecular weight is 260 g/mol. The number of nitrogens with one attached hydrogen (secondary N) is 1. The largest absolute Gasteiger partial charge is 0.487 e. The zero-order valence-electron chi connectivity index (χ0n) is 12.0. The Morgan fingerprint density at radius 3 is 2.79 bits per heavy atom. The maximum Gasteiger partial charge on any atom is 0.120 e. The minimum Gasteiger partial charge on any atom is -0.487 e. The SMILES string of the molecule is CN1CCC(C)(Oc2ccc3c(c2)CCNC3)CC1. The molecule has 19 heavy (non-hydrogen) atoms. The minimum atomic E-state index is 0.00760. The summed E-state index contributed by atoms with van der Waals surface area (Å²) in [6.07, 6.45) is 3.34. The average Bonchev–Trinajstić information content (AvgIpc) is 2.42. The van der Waals surface area contributed by atoms with Crippen molar-refractivity contribution in [2.45, 2.75) is 38.3 Å². The van der Waals surface area contributed by atoms with Crippen molar-refractivity contribution < 1.29 is 4.74 Å².